The van der Waals surface area contributed by atoms with Crippen molar-refractivity contribution in [1.29, 1.82) is 0 Å². The van der Waals surface area contributed by atoms with Gasteiger partial charge in [0.2, 0.25) is 0 Å². The van der Waals surface area contributed by atoms with Crippen molar-refractivity contribution in [3.63, 3.8) is 0 Å². The van der Waals surface area contributed by atoms with E-state index < -0.39 is 0 Å². The van der Waals surface area contributed by atoms with Gasteiger partial charge in [-0.05, 0) is 26.4 Å². The van der Waals surface area contributed by atoms with Crippen molar-refractivity contribution in [3.05, 3.63) is 0 Å². The first-order valence-corrected chi connectivity index (χ1v) is 3.76. The van der Waals surface area contributed by atoms with Crippen LogP contribution in [0.3, 0.4) is 0 Å². The van der Waals surface area contributed by atoms with E-state index >= 15 is 0 Å². The van der Waals surface area contributed by atoms with Crippen molar-refractivity contribution in [2.75, 3.05) is 27.2 Å². The number of aliphatic hydroxyl groups is 1. The predicted octanol–water partition coefficient (Wildman–Crippen LogP) is -0.188. The van der Waals surface area contributed by atoms with Crippen LogP contribution in [0, 0.1) is 0 Å². The van der Waals surface area contributed by atoms with Crippen LogP contribution in [0.5, 0.6) is 0 Å². The van der Waals surface area contributed by atoms with Crippen molar-refractivity contribution in [3.8, 4) is 0 Å². The third kappa shape index (κ3) is 3.82. The molecular weight excluding hydrogens is 128 g/mol. The van der Waals surface area contributed by atoms with E-state index in [-0.39, 0.29) is 1.43 Å². The lowest BCUT2D eigenvalue weighted by molar-refractivity contribution is 0.399. The molecule has 1 aliphatic rings. The molecule has 1 fully saturated rings. The first-order valence-electron chi connectivity index (χ1n) is 3.76. The lowest BCUT2D eigenvalue weighted by atomic mass is 10.1. The summed E-state index contributed by atoms with van der Waals surface area (Å²) < 4.78 is 0. The molecule has 0 aromatic carbocycles. The van der Waals surface area contributed by atoms with Crippen molar-refractivity contribution >= 4 is 0 Å². The molecule has 0 amide bonds. The Bertz CT molecular complexity index is 67.5. The van der Waals surface area contributed by atoms with E-state index in [1.807, 2.05) is 7.05 Å². The monoisotopic (exact) mass is 148 g/mol. The van der Waals surface area contributed by atoms with Gasteiger partial charge in [-0.1, -0.05) is 0 Å². The second-order valence-corrected chi connectivity index (χ2v) is 2.33. The summed E-state index contributed by atoms with van der Waals surface area (Å²) in [6, 6.07) is 0.726. The molecule has 1 aliphatic heterocycles. The molecule has 0 aliphatic carbocycles. The van der Waals surface area contributed by atoms with Crippen LogP contribution >= 0.6 is 0 Å². The molecule has 1 saturated heterocycles. The molecule has 3 heteroatoms. The molecule has 3 nitrogen and oxygen atoms in total. The van der Waals surface area contributed by atoms with Crippen LogP contribution in [-0.4, -0.2) is 38.4 Å². The summed E-state index contributed by atoms with van der Waals surface area (Å²) in [6.07, 6.45) is 2.66. The molecule has 64 valence electrons. The summed E-state index contributed by atoms with van der Waals surface area (Å²) in [4.78, 5) is 0. The fourth-order valence-corrected chi connectivity index (χ4v) is 1.10. The van der Waals surface area contributed by atoms with Crippen LogP contribution in [0.2, 0.25) is 0 Å². The number of aliphatic hydroxyl groups excluding tert-OH is 1. The zero-order valence-corrected chi connectivity index (χ0v) is 6.85. The van der Waals surface area contributed by atoms with E-state index in [2.05, 4.69) is 10.6 Å². The number of hydrogen-bond acceptors (Lipinski definition) is 3. The van der Waals surface area contributed by atoms with Gasteiger partial charge in [-0.25, -0.2) is 0 Å². The molecule has 0 radical (unpaired) electrons. The molecule has 0 unspecified atom stereocenters. The number of rotatable bonds is 1. The number of hydrogen-bond donors (Lipinski definition) is 3. The highest BCUT2D eigenvalue weighted by molar-refractivity contribution is 4.72. The lowest BCUT2D eigenvalue weighted by Gasteiger charge is -2.21. The van der Waals surface area contributed by atoms with Gasteiger partial charge < -0.3 is 15.7 Å². The molecule has 1 atom stereocenters. The Balaban J connectivity index is 0. The Morgan fingerprint density at radius 1 is 1.60 bits per heavy atom. The van der Waals surface area contributed by atoms with E-state index in [4.69, 9.17) is 5.11 Å². The van der Waals surface area contributed by atoms with Crippen LogP contribution in [0.1, 0.15) is 14.3 Å². The highest BCUT2D eigenvalue weighted by atomic mass is 16.2. The quantitative estimate of drug-likeness (QED) is 0.483. The third-order valence-electron chi connectivity index (χ3n) is 1.71. The minimum Gasteiger partial charge on any atom is -0.400 e. The number of likely N-dealkylation sites (N-methyl/N-ethyl adjacent to an activating group) is 1. The Labute approximate surface area is 64.3 Å². The van der Waals surface area contributed by atoms with Crippen LogP contribution < -0.4 is 10.6 Å². The zero-order chi connectivity index (χ0) is 7.82. The van der Waals surface area contributed by atoms with Crippen molar-refractivity contribution < 1.29 is 6.53 Å². The second kappa shape index (κ2) is 6.99. The summed E-state index contributed by atoms with van der Waals surface area (Å²) in [5.41, 5.74) is 0. The largest absolute Gasteiger partial charge is 0.400 e. The molecule has 10 heavy (non-hydrogen) atoms. The predicted molar refractivity (Wildman–Crippen MR) is 45.2 cm³/mol. The normalized spacial score (nSPS) is 24.9. The van der Waals surface area contributed by atoms with Gasteiger partial charge in [-0.2, -0.15) is 0 Å². The lowest BCUT2D eigenvalue weighted by Crippen LogP contribution is -2.41. The summed E-state index contributed by atoms with van der Waals surface area (Å²) >= 11 is 0. The average molecular weight is 148 g/mol. The van der Waals surface area contributed by atoms with Crippen LogP contribution in [-0.2, 0) is 0 Å². The maximum absolute atomic E-state index is 7.00. The minimum absolute atomic E-state index is 0. The van der Waals surface area contributed by atoms with Crippen LogP contribution in [0.25, 0.3) is 0 Å². The molecule has 0 saturated carbocycles. The van der Waals surface area contributed by atoms with E-state index in [0.717, 1.165) is 19.7 Å². The fourth-order valence-electron chi connectivity index (χ4n) is 1.10. The van der Waals surface area contributed by atoms with E-state index in [1.54, 1.807) is 0 Å². The summed E-state index contributed by atoms with van der Waals surface area (Å²) in [5, 5.41) is 13.6. The van der Waals surface area contributed by atoms with E-state index in [1.165, 1.54) is 19.4 Å². The topological polar surface area (TPSA) is 44.3 Å². The number of nitrogens with one attached hydrogen (secondary N) is 2. The van der Waals surface area contributed by atoms with Crippen LogP contribution in [0.4, 0.5) is 0 Å². The van der Waals surface area contributed by atoms with E-state index in [9.17, 15) is 0 Å². The van der Waals surface area contributed by atoms with Crippen molar-refractivity contribution in [2.45, 2.75) is 18.9 Å². The van der Waals surface area contributed by atoms with Gasteiger partial charge in [-0.15, -0.1) is 0 Å². The molecule has 0 spiro atoms. The highest BCUT2D eigenvalue weighted by Gasteiger charge is 2.08. The molecule has 0 aromatic heterocycles. The Morgan fingerprint density at radius 2 is 2.30 bits per heavy atom. The van der Waals surface area contributed by atoms with Gasteiger partial charge in [-0.3, -0.25) is 0 Å². The Kier molecular flexibility index (Phi) is 6.91. The van der Waals surface area contributed by atoms with Gasteiger partial charge in [0.1, 0.15) is 0 Å². The van der Waals surface area contributed by atoms with Gasteiger partial charge in [0.25, 0.3) is 0 Å². The van der Waals surface area contributed by atoms with Crippen molar-refractivity contribution in [1.82, 2.24) is 10.6 Å². The molecular formula is C7H20N2O. The van der Waals surface area contributed by atoms with Crippen LogP contribution in [0.15, 0.2) is 0 Å². The molecule has 3 N–H and O–H groups in total. The molecule has 0 bridgehead atoms. The van der Waals surface area contributed by atoms with Crippen molar-refractivity contribution in [2.24, 2.45) is 0 Å². The first kappa shape index (κ1) is 9.88. The SMILES string of the molecule is CN[C@@H]1CCCNC1.CO.[HH]. The molecule has 1 heterocycles. The Morgan fingerprint density at radius 3 is 2.60 bits per heavy atom. The average Bonchev–Trinajstić information content (AvgIpc) is 2.10. The summed E-state index contributed by atoms with van der Waals surface area (Å²) in [6.45, 7) is 2.36. The third-order valence-corrected chi connectivity index (χ3v) is 1.71. The fraction of sp³-hybridized carbons (Fsp3) is 1.00. The van der Waals surface area contributed by atoms with Gasteiger partial charge >= 0.3 is 0 Å². The smallest absolute Gasteiger partial charge is 0.0319 e. The minimum atomic E-state index is 0. The summed E-state index contributed by atoms with van der Waals surface area (Å²) in [7, 11) is 3.03. The van der Waals surface area contributed by atoms with E-state index in [0.29, 0.717) is 0 Å². The molecule has 1 rings (SSSR count). The maximum Gasteiger partial charge on any atom is 0.0319 e. The number of piperidine rings is 1. The highest BCUT2D eigenvalue weighted by Crippen LogP contribution is 1.98. The second-order valence-electron chi connectivity index (χ2n) is 2.33. The first-order chi connectivity index (χ1) is 4.93. The van der Waals surface area contributed by atoms with Gasteiger partial charge in [0, 0.05) is 21.1 Å². The standard InChI is InChI=1S/C6H14N2.CH4O.H2/c1-7-6-3-2-4-8-5-6;1-2;/h6-8H,2-5H2,1H3;2H,1H3;1H/t6-;;/m1../s1. The van der Waals surface area contributed by atoms with Gasteiger partial charge in [0.05, 0.1) is 0 Å². The summed E-state index contributed by atoms with van der Waals surface area (Å²) in [5.74, 6) is 0. The maximum atomic E-state index is 7.00. The van der Waals surface area contributed by atoms with Gasteiger partial charge in [0.15, 0.2) is 0 Å². The zero-order valence-electron chi connectivity index (χ0n) is 6.85. The molecule has 0 aromatic rings. The Hall–Kier alpha value is -0.120.